The van der Waals surface area contributed by atoms with Crippen LogP contribution in [-0.4, -0.2) is 25.8 Å². The molecule has 3 N–H and O–H groups in total. The van der Waals surface area contributed by atoms with Crippen LogP contribution in [0.1, 0.15) is 6.92 Å². The lowest BCUT2D eigenvalue weighted by Gasteiger charge is -2.04. The van der Waals surface area contributed by atoms with E-state index in [9.17, 15) is 4.79 Å². The van der Waals surface area contributed by atoms with Gasteiger partial charge in [0.2, 0.25) is 5.91 Å². The number of hydrogen-bond donors (Lipinski definition) is 3. The van der Waals surface area contributed by atoms with E-state index in [0.29, 0.717) is 0 Å². The number of anilines is 1. The number of nitrogens with one attached hydrogen (secondary N) is 3. The molecule has 0 saturated carbocycles. The van der Waals surface area contributed by atoms with Crippen molar-refractivity contribution in [2.45, 2.75) is 6.92 Å². The summed E-state index contributed by atoms with van der Waals surface area (Å²) < 4.78 is 0. The van der Waals surface area contributed by atoms with Crippen molar-refractivity contribution in [2.75, 3.05) is 5.32 Å². The minimum atomic E-state index is -0.105. The van der Waals surface area contributed by atoms with Gasteiger partial charge in [0.1, 0.15) is 11.6 Å². The first kappa shape index (κ1) is 17.9. The second-order valence-electron chi connectivity index (χ2n) is 7.06. The van der Waals surface area contributed by atoms with E-state index in [1.54, 1.807) is 0 Å². The molecule has 0 fully saturated rings. The van der Waals surface area contributed by atoms with E-state index in [1.165, 1.54) is 6.92 Å². The van der Waals surface area contributed by atoms with Crippen molar-refractivity contribution in [2.24, 2.45) is 0 Å². The van der Waals surface area contributed by atoms with Crippen molar-refractivity contribution in [3.63, 3.8) is 0 Å². The summed E-state index contributed by atoms with van der Waals surface area (Å²) >= 11 is 0. The largest absolute Gasteiger partial charge is 0.338 e. The Hall–Kier alpha value is -4.19. The van der Waals surface area contributed by atoms with E-state index in [-0.39, 0.29) is 5.91 Å². The zero-order valence-corrected chi connectivity index (χ0v) is 16.3. The Morgan fingerprint density at radius 1 is 0.867 bits per heavy atom. The standard InChI is InChI=1S/C24H19N5O/c1-15(30)26-17-11-12-20-21(13-17)28-24(27-20)19-10-6-5-9-18(19)23-25-14-22(29-23)16-7-3-2-4-8-16/h2-14H,1H3,(H,25,29)(H,26,30)(H,27,28). The van der Waals surface area contributed by atoms with Crippen LogP contribution in [0.4, 0.5) is 5.69 Å². The Labute approximate surface area is 173 Å². The fourth-order valence-electron chi connectivity index (χ4n) is 3.54. The Morgan fingerprint density at radius 3 is 2.37 bits per heavy atom. The Kier molecular flexibility index (Phi) is 4.37. The topological polar surface area (TPSA) is 86.5 Å². The SMILES string of the molecule is CC(=O)Nc1ccc2nc(-c3ccccc3-c3ncc(-c4ccccc4)[nH]3)[nH]c2c1. The van der Waals surface area contributed by atoms with E-state index in [1.807, 2.05) is 66.9 Å². The molecular weight excluding hydrogens is 374 g/mol. The monoisotopic (exact) mass is 393 g/mol. The highest BCUT2D eigenvalue weighted by molar-refractivity contribution is 5.92. The van der Waals surface area contributed by atoms with Crippen molar-refractivity contribution in [1.29, 1.82) is 0 Å². The van der Waals surface area contributed by atoms with Crippen LogP contribution in [0, 0.1) is 0 Å². The van der Waals surface area contributed by atoms with E-state index in [0.717, 1.165) is 50.8 Å². The number of hydrogen-bond acceptors (Lipinski definition) is 3. The molecule has 5 aromatic rings. The van der Waals surface area contributed by atoms with Gasteiger partial charge in [0, 0.05) is 23.7 Å². The third-order valence-electron chi connectivity index (χ3n) is 4.90. The van der Waals surface area contributed by atoms with Crippen LogP contribution >= 0.6 is 0 Å². The molecule has 3 aromatic carbocycles. The lowest BCUT2D eigenvalue weighted by atomic mass is 10.1. The molecular formula is C24H19N5O. The van der Waals surface area contributed by atoms with Crippen molar-refractivity contribution in [3.05, 3.63) is 79.0 Å². The van der Waals surface area contributed by atoms with E-state index in [4.69, 9.17) is 4.98 Å². The van der Waals surface area contributed by atoms with Gasteiger partial charge in [0.05, 0.1) is 22.9 Å². The number of carbonyl (C=O) groups excluding carboxylic acids is 1. The van der Waals surface area contributed by atoms with Gasteiger partial charge in [0.25, 0.3) is 0 Å². The Morgan fingerprint density at radius 2 is 1.60 bits per heavy atom. The molecule has 0 saturated heterocycles. The summed E-state index contributed by atoms with van der Waals surface area (Å²) in [6.07, 6.45) is 1.85. The average molecular weight is 393 g/mol. The van der Waals surface area contributed by atoms with Crippen LogP contribution in [-0.2, 0) is 4.79 Å². The molecule has 0 spiro atoms. The number of aromatic amines is 2. The first-order valence-corrected chi connectivity index (χ1v) is 9.65. The second-order valence-corrected chi connectivity index (χ2v) is 7.06. The van der Waals surface area contributed by atoms with E-state index < -0.39 is 0 Å². The van der Waals surface area contributed by atoms with Gasteiger partial charge in [-0.05, 0) is 23.8 Å². The lowest BCUT2D eigenvalue weighted by molar-refractivity contribution is -0.114. The maximum Gasteiger partial charge on any atom is 0.221 e. The van der Waals surface area contributed by atoms with Gasteiger partial charge in [0.15, 0.2) is 0 Å². The molecule has 2 aromatic heterocycles. The van der Waals surface area contributed by atoms with Crippen molar-refractivity contribution >= 4 is 22.6 Å². The summed E-state index contributed by atoms with van der Waals surface area (Å²) in [4.78, 5) is 27.5. The number of benzene rings is 3. The minimum absolute atomic E-state index is 0.105. The summed E-state index contributed by atoms with van der Waals surface area (Å²) in [7, 11) is 0. The molecule has 0 radical (unpaired) electrons. The van der Waals surface area contributed by atoms with Gasteiger partial charge in [-0.2, -0.15) is 0 Å². The first-order valence-electron chi connectivity index (χ1n) is 9.65. The lowest BCUT2D eigenvalue weighted by Crippen LogP contribution is -2.05. The van der Waals surface area contributed by atoms with Crippen LogP contribution < -0.4 is 5.32 Å². The van der Waals surface area contributed by atoms with Crippen molar-refractivity contribution in [3.8, 4) is 34.0 Å². The normalized spacial score (nSPS) is 11.0. The fraction of sp³-hybridized carbons (Fsp3) is 0.0417. The van der Waals surface area contributed by atoms with Crippen LogP contribution in [0.15, 0.2) is 79.0 Å². The number of aromatic nitrogens is 4. The second kappa shape index (κ2) is 7.33. The van der Waals surface area contributed by atoms with Crippen molar-refractivity contribution in [1.82, 2.24) is 19.9 Å². The molecule has 5 rings (SSSR count). The number of imidazole rings is 2. The number of nitrogens with zero attached hydrogens (tertiary/aromatic N) is 2. The molecule has 0 atom stereocenters. The van der Waals surface area contributed by atoms with E-state index >= 15 is 0 Å². The fourth-order valence-corrected chi connectivity index (χ4v) is 3.54. The molecule has 2 heterocycles. The van der Waals surface area contributed by atoms with Gasteiger partial charge in [-0.1, -0.05) is 54.6 Å². The van der Waals surface area contributed by atoms with Gasteiger partial charge >= 0.3 is 0 Å². The summed E-state index contributed by atoms with van der Waals surface area (Å²) in [6.45, 7) is 1.49. The zero-order chi connectivity index (χ0) is 20.5. The smallest absolute Gasteiger partial charge is 0.221 e. The predicted octanol–water partition coefficient (Wildman–Crippen LogP) is 5.25. The van der Waals surface area contributed by atoms with Gasteiger partial charge in [-0.25, -0.2) is 9.97 Å². The highest BCUT2D eigenvalue weighted by Gasteiger charge is 2.14. The van der Waals surface area contributed by atoms with Crippen LogP contribution in [0.25, 0.3) is 45.1 Å². The molecule has 0 aliphatic heterocycles. The van der Waals surface area contributed by atoms with Gasteiger partial charge in [-0.15, -0.1) is 0 Å². The number of H-pyrrole nitrogens is 2. The number of carbonyl (C=O) groups is 1. The minimum Gasteiger partial charge on any atom is -0.338 e. The quantitative estimate of drug-likeness (QED) is 0.390. The molecule has 146 valence electrons. The number of fused-ring (bicyclic) bond motifs is 1. The summed E-state index contributed by atoms with van der Waals surface area (Å²) in [5.74, 6) is 1.42. The molecule has 0 aliphatic carbocycles. The molecule has 6 heteroatoms. The Bertz CT molecular complexity index is 1350. The zero-order valence-electron chi connectivity index (χ0n) is 16.3. The van der Waals surface area contributed by atoms with Gasteiger partial charge in [-0.3, -0.25) is 4.79 Å². The van der Waals surface area contributed by atoms with Gasteiger partial charge < -0.3 is 15.3 Å². The number of amides is 1. The molecule has 0 bridgehead atoms. The van der Waals surface area contributed by atoms with Crippen LogP contribution in [0.2, 0.25) is 0 Å². The molecule has 0 unspecified atom stereocenters. The molecule has 6 nitrogen and oxygen atoms in total. The maximum absolute atomic E-state index is 11.3. The third kappa shape index (κ3) is 3.35. The summed E-state index contributed by atoms with van der Waals surface area (Å²) in [6, 6.07) is 23.8. The molecule has 0 aliphatic rings. The summed E-state index contributed by atoms with van der Waals surface area (Å²) in [5.41, 5.74) is 6.38. The predicted molar refractivity (Wildman–Crippen MR) is 119 cm³/mol. The molecule has 30 heavy (non-hydrogen) atoms. The maximum atomic E-state index is 11.3. The van der Waals surface area contributed by atoms with Crippen LogP contribution in [0.5, 0.6) is 0 Å². The first-order chi connectivity index (χ1) is 14.7. The highest BCUT2D eigenvalue weighted by atomic mass is 16.1. The Balaban J connectivity index is 1.56. The van der Waals surface area contributed by atoms with E-state index in [2.05, 4.69) is 32.4 Å². The highest BCUT2D eigenvalue weighted by Crippen LogP contribution is 2.31. The molecule has 1 amide bonds. The van der Waals surface area contributed by atoms with Crippen molar-refractivity contribution < 1.29 is 4.79 Å². The third-order valence-corrected chi connectivity index (χ3v) is 4.90. The summed E-state index contributed by atoms with van der Waals surface area (Å²) in [5, 5.41) is 2.80. The van der Waals surface area contributed by atoms with Crippen LogP contribution in [0.3, 0.4) is 0 Å². The number of rotatable bonds is 4. The average Bonchev–Trinajstić information content (AvgIpc) is 3.41.